The highest BCUT2D eigenvalue weighted by molar-refractivity contribution is 9.10. The highest BCUT2D eigenvalue weighted by atomic mass is 79.9. The quantitative estimate of drug-likeness (QED) is 0.609. The monoisotopic (exact) mass is 304 g/mol. The van der Waals surface area contributed by atoms with Crippen molar-refractivity contribution < 1.29 is 9.53 Å². The van der Waals surface area contributed by atoms with Gasteiger partial charge in [-0.1, -0.05) is 29.8 Å². The summed E-state index contributed by atoms with van der Waals surface area (Å²) in [6.07, 6.45) is 0. The Kier molecular flexibility index (Phi) is 5.29. The molecule has 16 heavy (non-hydrogen) atoms. The Balaban J connectivity index is 2.93. The summed E-state index contributed by atoms with van der Waals surface area (Å²) in [7, 11) is 0. The van der Waals surface area contributed by atoms with Crippen LogP contribution in [0.15, 0.2) is 22.7 Å². The zero-order chi connectivity index (χ0) is 12.1. The fraction of sp³-hybridized carbons (Fsp3) is 0.417. The van der Waals surface area contributed by atoms with Gasteiger partial charge in [-0.25, -0.2) is 0 Å². The molecule has 0 amide bonds. The molecule has 0 spiro atoms. The van der Waals surface area contributed by atoms with E-state index in [1.807, 2.05) is 6.07 Å². The van der Waals surface area contributed by atoms with E-state index in [1.54, 1.807) is 12.1 Å². The lowest BCUT2D eigenvalue weighted by Crippen LogP contribution is -2.09. The lowest BCUT2D eigenvalue weighted by atomic mass is 10.1. The van der Waals surface area contributed by atoms with Crippen LogP contribution in [0, 0.1) is 5.92 Å². The van der Waals surface area contributed by atoms with Crippen molar-refractivity contribution >= 4 is 33.3 Å². The van der Waals surface area contributed by atoms with Crippen molar-refractivity contribution in [2.45, 2.75) is 13.8 Å². The molecular formula is C12H14BrClO2. The van der Waals surface area contributed by atoms with Crippen molar-refractivity contribution in [2.24, 2.45) is 5.92 Å². The highest BCUT2D eigenvalue weighted by Crippen LogP contribution is 2.24. The zero-order valence-corrected chi connectivity index (χ0v) is 11.6. The molecule has 0 saturated carbocycles. The lowest BCUT2D eigenvalue weighted by Gasteiger charge is -2.12. The van der Waals surface area contributed by atoms with Gasteiger partial charge in [-0.05, 0) is 24.1 Å². The molecule has 0 radical (unpaired) electrons. The van der Waals surface area contributed by atoms with Gasteiger partial charge in [-0.15, -0.1) is 11.6 Å². The number of carbonyl (C=O) groups excluding carboxylic acids is 1. The van der Waals surface area contributed by atoms with Crippen molar-refractivity contribution in [2.75, 3.05) is 12.5 Å². The Hall–Kier alpha value is -0.540. The minimum atomic E-state index is -0.123. The van der Waals surface area contributed by atoms with Gasteiger partial charge in [-0.3, -0.25) is 4.79 Å². The van der Waals surface area contributed by atoms with E-state index >= 15 is 0 Å². The largest absolute Gasteiger partial charge is 0.493 e. The maximum atomic E-state index is 11.6. The Morgan fingerprint density at radius 1 is 1.50 bits per heavy atom. The summed E-state index contributed by atoms with van der Waals surface area (Å²) in [6.45, 7) is 4.70. The van der Waals surface area contributed by atoms with Gasteiger partial charge >= 0.3 is 0 Å². The molecular weight excluding hydrogens is 291 g/mol. The second-order valence-corrected chi connectivity index (χ2v) is 5.09. The molecule has 0 heterocycles. The van der Waals surface area contributed by atoms with Gasteiger partial charge in [0.05, 0.1) is 18.1 Å². The van der Waals surface area contributed by atoms with E-state index in [-0.39, 0.29) is 11.7 Å². The summed E-state index contributed by atoms with van der Waals surface area (Å²) in [5.41, 5.74) is 0.532. The SMILES string of the molecule is CC(C)COc1ccc(Br)cc1C(=O)CCl. The van der Waals surface area contributed by atoms with Crippen LogP contribution in [0.2, 0.25) is 0 Å². The molecule has 0 aliphatic heterocycles. The molecule has 0 atom stereocenters. The third kappa shape index (κ3) is 3.80. The summed E-state index contributed by atoms with van der Waals surface area (Å²) >= 11 is 8.88. The van der Waals surface area contributed by atoms with Crippen LogP contribution in [0.25, 0.3) is 0 Å². The lowest BCUT2D eigenvalue weighted by molar-refractivity contribution is 0.101. The van der Waals surface area contributed by atoms with Crippen LogP contribution >= 0.6 is 27.5 Å². The number of benzene rings is 1. The number of halogens is 2. The fourth-order valence-electron chi connectivity index (χ4n) is 1.17. The standard InChI is InChI=1S/C12H14BrClO2/c1-8(2)7-16-12-4-3-9(13)5-10(12)11(15)6-14/h3-5,8H,6-7H2,1-2H3. The summed E-state index contributed by atoms with van der Waals surface area (Å²) in [4.78, 5) is 11.6. The van der Waals surface area contributed by atoms with Gasteiger partial charge in [0.15, 0.2) is 5.78 Å². The van der Waals surface area contributed by atoms with Crippen LogP contribution in [0.4, 0.5) is 0 Å². The molecule has 1 aromatic rings. The summed E-state index contributed by atoms with van der Waals surface area (Å²) in [6, 6.07) is 5.37. The molecule has 0 aliphatic carbocycles. The molecule has 0 aromatic heterocycles. The first-order valence-electron chi connectivity index (χ1n) is 5.06. The predicted molar refractivity (Wildman–Crippen MR) is 69.5 cm³/mol. The average molecular weight is 306 g/mol. The molecule has 4 heteroatoms. The molecule has 0 saturated heterocycles. The topological polar surface area (TPSA) is 26.3 Å². The average Bonchev–Trinajstić information content (AvgIpc) is 2.26. The van der Waals surface area contributed by atoms with E-state index in [4.69, 9.17) is 16.3 Å². The van der Waals surface area contributed by atoms with Crippen LogP contribution in [-0.2, 0) is 0 Å². The number of carbonyl (C=O) groups is 1. The van der Waals surface area contributed by atoms with Gasteiger partial charge < -0.3 is 4.74 Å². The molecule has 0 fully saturated rings. The number of ketones is 1. The highest BCUT2D eigenvalue weighted by Gasteiger charge is 2.12. The van der Waals surface area contributed by atoms with Crippen LogP contribution in [0.5, 0.6) is 5.75 Å². The Labute approximate surface area is 109 Å². The summed E-state index contributed by atoms with van der Waals surface area (Å²) in [5.74, 6) is 0.862. The van der Waals surface area contributed by atoms with Gasteiger partial charge in [0.1, 0.15) is 5.75 Å². The van der Waals surface area contributed by atoms with Gasteiger partial charge in [0.25, 0.3) is 0 Å². The smallest absolute Gasteiger partial charge is 0.181 e. The van der Waals surface area contributed by atoms with Crippen molar-refractivity contribution in [1.82, 2.24) is 0 Å². The number of rotatable bonds is 5. The van der Waals surface area contributed by atoms with E-state index in [0.29, 0.717) is 23.8 Å². The first-order chi connectivity index (χ1) is 7.54. The molecule has 1 aromatic carbocycles. The van der Waals surface area contributed by atoms with Crippen molar-refractivity contribution in [3.8, 4) is 5.75 Å². The Morgan fingerprint density at radius 3 is 2.75 bits per heavy atom. The second kappa shape index (κ2) is 6.26. The molecule has 0 bridgehead atoms. The third-order valence-corrected chi connectivity index (χ3v) is 2.67. The number of hydrogen-bond donors (Lipinski definition) is 0. The number of ether oxygens (including phenoxy) is 1. The van der Waals surface area contributed by atoms with Crippen molar-refractivity contribution in [3.63, 3.8) is 0 Å². The maximum Gasteiger partial charge on any atom is 0.181 e. The predicted octanol–water partition coefficient (Wildman–Crippen LogP) is 3.91. The number of alkyl halides is 1. The number of hydrogen-bond acceptors (Lipinski definition) is 2. The van der Waals surface area contributed by atoms with Crippen LogP contribution < -0.4 is 4.74 Å². The summed E-state index contributed by atoms with van der Waals surface area (Å²) in [5, 5.41) is 0. The van der Waals surface area contributed by atoms with E-state index < -0.39 is 0 Å². The van der Waals surface area contributed by atoms with Crippen molar-refractivity contribution in [3.05, 3.63) is 28.2 Å². The Morgan fingerprint density at radius 2 is 2.19 bits per heavy atom. The Bertz CT molecular complexity index is 377. The van der Waals surface area contributed by atoms with E-state index in [2.05, 4.69) is 29.8 Å². The van der Waals surface area contributed by atoms with Crippen LogP contribution in [0.1, 0.15) is 24.2 Å². The van der Waals surface area contributed by atoms with Crippen LogP contribution in [-0.4, -0.2) is 18.3 Å². The van der Waals surface area contributed by atoms with E-state index in [1.165, 1.54) is 0 Å². The fourth-order valence-corrected chi connectivity index (χ4v) is 1.68. The van der Waals surface area contributed by atoms with Gasteiger partial charge in [-0.2, -0.15) is 0 Å². The molecule has 0 N–H and O–H groups in total. The van der Waals surface area contributed by atoms with Gasteiger partial charge in [0, 0.05) is 4.47 Å². The molecule has 88 valence electrons. The third-order valence-electron chi connectivity index (χ3n) is 1.94. The maximum absolute atomic E-state index is 11.6. The van der Waals surface area contributed by atoms with E-state index in [9.17, 15) is 4.79 Å². The van der Waals surface area contributed by atoms with E-state index in [0.717, 1.165) is 4.47 Å². The van der Waals surface area contributed by atoms with Gasteiger partial charge in [0.2, 0.25) is 0 Å². The molecule has 0 unspecified atom stereocenters. The second-order valence-electron chi connectivity index (χ2n) is 3.90. The first kappa shape index (κ1) is 13.5. The zero-order valence-electron chi connectivity index (χ0n) is 9.30. The summed E-state index contributed by atoms with van der Waals surface area (Å²) < 4.78 is 6.42. The van der Waals surface area contributed by atoms with Crippen LogP contribution in [0.3, 0.4) is 0 Å². The molecule has 1 rings (SSSR count). The minimum Gasteiger partial charge on any atom is -0.493 e. The first-order valence-corrected chi connectivity index (χ1v) is 6.39. The minimum absolute atomic E-state index is 0.0332. The molecule has 2 nitrogen and oxygen atoms in total. The number of Topliss-reactive ketones (excluding diaryl/α,β-unsaturated/α-hetero) is 1. The normalized spacial score (nSPS) is 10.6. The van der Waals surface area contributed by atoms with Crippen molar-refractivity contribution in [1.29, 1.82) is 0 Å². The molecule has 0 aliphatic rings.